The van der Waals surface area contributed by atoms with E-state index in [-0.39, 0.29) is 23.8 Å². The summed E-state index contributed by atoms with van der Waals surface area (Å²) >= 11 is 0. The molecular formula is C12H11ClN4O2. The van der Waals surface area contributed by atoms with E-state index in [4.69, 9.17) is 11.5 Å². The van der Waals surface area contributed by atoms with Gasteiger partial charge in [-0.2, -0.15) is 5.10 Å². The molecule has 0 aliphatic heterocycles. The summed E-state index contributed by atoms with van der Waals surface area (Å²) in [5, 5.41) is 4.95. The minimum Gasteiger partial charge on any atom is -0.394 e. The van der Waals surface area contributed by atoms with Gasteiger partial charge in [0.1, 0.15) is 11.4 Å². The topological polar surface area (TPSA) is 104 Å². The van der Waals surface area contributed by atoms with Crippen molar-refractivity contribution < 1.29 is 0 Å². The molecule has 0 saturated carbocycles. The molecule has 0 atom stereocenters. The van der Waals surface area contributed by atoms with E-state index in [9.17, 15) is 9.59 Å². The highest BCUT2D eigenvalue weighted by Crippen LogP contribution is 2.20. The average Bonchev–Trinajstić information content (AvgIpc) is 2.81. The zero-order valence-electron chi connectivity index (χ0n) is 9.79. The van der Waals surface area contributed by atoms with Crippen molar-refractivity contribution in [2.45, 2.75) is 6.54 Å². The zero-order chi connectivity index (χ0) is 12.9. The van der Waals surface area contributed by atoms with Gasteiger partial charge in [0, 0.05) is 11.9 Å². The van der Waals surface area contributed by atoms with Gasteiger partial charge < -0.3 is 11.5 Å². The van der Waals surface area contributed by atoms with Crippen molar-refractivity contribution in [2.24, 2.45) is 5.73 Å². The molecule has 0 saturated heterocycles. The molecule has 3 rings (SSSR count). The second kappa shape index (κ2) is 4.49. The Bertz CT molecular complexity index is 830. The molecule has 3 aromatic rings. The number of fused-ring (bicyclic) bond motifs is 1. The molecule has 0 bridgehead atoms. The van der Waals surface area contributed by atoms with E-state index in [2.05, 4.69) is 5.10 Å². The van der Waals surface area contributed by atoms with E-state index in [1.54, 1.807) is 6.20 Å². The van der Waals surface area contributed by atoms with Crippen LogP contribution in [0.5, 0.6) is 0 Å². The molecule has 0 unspecified atom stereocenters. The summed E-state index contributed by atoms with van der Waals surface area (Å²) in [4.78, 5) is 22.6. The Hall–Kier alpha value is -2.18. The maximum absolute atomic E-state index is 11.5. The van der Waals surface area contributed by atoms with Crippen LogP contribution in [0.1, 0.15) is 5.56 Å². The van der Waals surface area contributed by atoms with E-state index in [0.717, 1.165) is 16.5 Å². The summed E-state index contributed by atoms with van der Waals surface area (Å²) in [5.74, 6) is 0. The molecule has 0 amide bonds. The molecule has 4 N–H and O–H groups in total. The van der Waals surface area contributed by atoms with Crippen molar-refractivity contribution >= 4 is 29.0 Å². The van der Waals surface area contributed by atoms with Gasteiger partial charge >= 0.3 is 0 Å². The number of nitrogens with two attached hydrogens (primary N) is 2. The lowest BCUT2D eigenvalue weighted by Gasteiger charge is -2.08. The Kier molecular flexibility index (Phi) is 3.13. The van der Waals surface area contributed by atoms with Crippen LogP contribution in [0.3, 0.4) is 0 Å². The smallest absolute Gasteiger partial charge is 0.255 e. The third-order valence-corrected chi connectivity index (χ3v) is 3.00. The lowest BCUT2D eigenvalue weighted by atomic mass is 10.1. The lowest BCUT2D eigenvalue weighted by Crippen LogP contribution is -2.38. The first-order valence-corrected chi connectivity index (χ1v) is 5.39. The van der Waals surface area contributed by atoms with Crippen molar-refractivity contribution in [3.05, 3.63) is 50.4 Å². The van der Waals surface area contributed by atoms with Gasteiger partial charge in [-0.15, -0.1) is 12.4 Å². The van der Waals surface area contributed by atoms with E-state index >= 15 is 0 Å². The fourth-order valence-electron chi connectivity index (χ4n) is 1.98. The Balaban J connectivity index is 0.00000133. The second-order valence-corrected chi connectivity index (χ2v) is 4.07. The number of nitrogen functional groups attached to an aromatic ring is 1. The summed E-state index contributed by atoms with van der Waals surface area (Å²) in [6.45, 7) is 0.391. The summed E-state index contributed by atoms with van der Waals surface area (Å²) < 4.78 is 1.40. The van der Waals surface area contributed by atoms with Crippen molar-refractivity contribution in [1.82, 2.24) is 9.78 Å². The summed E-state index contributed by atoms with van der Waals surface area (Å²) in [6.07, 6.45) is 1.62. The number of hydrogen-bond donors (Lipinski definition) is 2. The summed E-state index contributed by atoms with van der Waals surface area (Å²) in [5.41, 5.74) is 11.6. The van der Waals surface area contributed by atoms with Crippen LogP contribution in [0.25, 0.3) is 16.6 Å². The predicted molar refractivity (Wildman–Crippen MR) is 75.5 cm³/mol. The molecule has 6 nitrogen and oxygen atoms in total. The first kappa shape index (κ1) is 13.3. The van der Waals surface area contributed by atoms with Gasteiger partial charge in [0.05, 0.1) is 11.7 Å². The SMILES string of the molecule is Cl.NCc1ccc2cnn(-c3c(N)c(=O)c3=O)c2c1. The second-order valence-electron chi connectivity index (χ2n) is 4.07. The fourth-order valence-corrected chi connectivity index (χ4v) is 1.98. The van der Waals surface area contributed by atoms with Gasteiger partial charge in [-0.05, 0) is 11.6 Å². The highest BCUT2D eigenvalue weighted by molar-refractivity contribution is 5.85. The van der Waals surface area contributed by atoms with Crippen LogP contribution in [0, 0.1) is 0 Å². The van der Waals surface area contributed by atoms with Crippen LogP contribution in [-0.2, 0) is 6.54 Å². The number of anilines is 1. The molecule has 0 fully saturated rings. The van der Waals surface area contributed by atoms with E-state index < -0.39 is 10.9 Å². The van der Waals surface area contributed by atoms with Crippen LogP contribution in [0.4, 0.5) is 5.69 Å². The molecule has 98 valence electrons. The Morgan fingerprint density at radius 2 is 1.95 bits per heavy atom. The van der Waals surface area contributed by atoms with Crippen molar-refractivity contribution in [2.75, 3.05) is 5.73 Å². The number of hydrogen-bond acceptors (Lipinski definition) is 5. The molecule has 1 aromatic heterocycles. The van der Waals surface area contributed by atoms with E-state index in [0.29, 0.717) is 6.54 Å². The van der Waals surface area contributed by atoms with Gasteiger partial charge in [-0.3, -0.25) is 9.59 Å². The maximum Gasteiger partial charge on any atom is 0.255 e. The molecule has 0 radical (unpaired) electrons. The average molecular weight is 279 g/mol. The van der Waals surface area contributed by atoms with Crippen molar-refractivity contribution in [3.63, 3.8) is 0 Å². The maximum atomic E-state index is 11.5. The van der Waals surface area contributed by atoms with Gasteiger partial charge in [-0.1, -0.05) is 12.1 Å². The van der Waals surface area contributed by atoms with Crippen LogP contribution in [-0.4, -0.2) is 9.78 Å². The number of nitrogens with zero attached hydrogens (tertiary/aromatic N) is 2. The molecule has 0 aliphatic rings. The van der Waals surface area contributed by atoms with E-state index in [1.165, 1.54) is 4.68 Å². The standard InChI is InChI=1S/C12H10N4O2.ClH/c13-4-6-1-2-7-5-15-16(8(7)3-6)10-9(14)11(17)12(10)18;/h1-3,5H,4,13-14H2;1H. The zero-order valence-corrected chi connectivity index (χ0v) is 10.6. The number of aromatic nitrogens is 2. The molecule has 0 spiro atoms. The number of halogens is 1. The summed E-state index contributed by atoms with van der Waals surface area (Å²) in [7, 11) is 0. The third kappa shape index (κ3) is 1.73. The first-order chi connectivity index (χ1) is 8.63. The largest absolute Gasteiger partial charge is 0.394 e. The molecule has 19 heavy (non-hydrogen) atoms. The third-order valence-electron chi connectivity index (χ3n) is 3.00. The highest BCUT2D eigenvalue weighted by Gasteiger charge is 2.21. The van der Waals surface area contributed by atoms with E-state index in [1.807, 2.05) is 18.2 Å². The normalized spacial score (nSPS) is 10.8. The highest BCUT2D eigenvalue weighted by atomic mass is 35.5. The molecular weight excluding hydrogens is 268 g/mol. The number of benzene rings is 1. The Morgan fingerprint density at radius 3 is 2.58 bits per heavy atom. The van der Waals surface area contributed by atoms with Crippen LogP contribution in [0.2, 0.25) is 0 Å². The Morgan fingerprint density at radius 1 is 1.21 bits per heavy atom. The first-order valence-electron chi connectivity index (χ1n) is 5.39. The van der Waals surface area contributed by atoms with Gasteiger partial charge in [0.15, 0.2) is 0 Å². The van der Waals surface area contributed by atoms with Gasteiger partial charge in [0.25, 0.3) is 10.9 Å². The summed E-state index contributed by atoms with van der Waals surface area (Å²) in [6, 6.07) is 5.58. The monoisotopic (exact) mass is 278 g/mol. The Labute approximate surface area is 113 Å². The lowest BCUT2D eigenvalue weighted by molar-refractivity contribution is 0.892. The van der Waals surface area contributed by atoms with Gasteiger partial charge in [0.2, 0.25) is 0 Å². The molecule has 2 aromatic carbocycles. The molecule has 0 aliphatic carbocycles. The predicted octanol–water partition coefficient (Wildman–Crippen LogP) is 0.0842. The fraction of sp³-hybridized carbons (Fsp3) is 0.0833. The van der Waals surface area contributed by atoms with Gasteiger partial charge in [-0.25, -0.2) is 4.68 Å². The van der Waals surface area contributed by atoms with Crippen LogP contribution in [0.15, 0.2) is 34.0 Å². The quantitative estimate of drug-likeness (QED) is 0.646. The molecule has 1 heterocycles. The van der Waals surface area contributed by atoms with Crippen LogP contribution >= 0.6 is 12.4 Å². The minimum absolute atomic E-state index is 0. The number of rotatable bonds is 2. The van der Waals surface area contributed by atoms with Crippen molar-refractivity contribution in [3.8, 4) is 5.69 Å². The van der Waals surface area contributed by atoms with Crippen LogP contribution < -0.4 is 22.3 Å². The molecule has 7 heteroatoms. The minimum atomic E-state index is -0.649. The van der Waals surface area contributed by atoms with Crippen molar-refractivity contribution in [1.29, 1.82) is 0 Å².